The van der Waals surface area contributed by atoms with Crippen molar-refractivity contribution in [2.75, 3.05) is 5.32 Å². The fourth-order valence-electron chi connectivity index (χ4n) is 2.84. The van der Waals surface area contributed by atoms with Crippen molar-refractivity contribution < 1.29 is 9.53 Å². The van der Waals surface area contributed by atoms with E-state index in [1.807, 2.05) is 32.9 Å². The zero-order chi connectivity index (χ0) is 15.9. The zero-order valence-corrected chi connectivity index (χ0v) is 13.5. The van der Waals surface area contributed by atoms with Gasteiger partial charge in [-0.2, -0.15) is 0 Å². The van der Waals surface area contributed by atoms with Crippen LogP contribution in [0.4, 0.5) is 10.5 Å². The summed E-state index contributed by atoms with van der Waals surface area (Å²) in [7, 11) is 0. The topological polar surface area (TPSA) is 38.3 Å². The lowest BCUT2D eigenvalue weighted by molar-refractivity contribution is 0.0636. The molecule has 2 aromatic carbocycles. The molecule has 3 nitrogen and oxygen atoms in total. The van der Waals surface area contributed by atoms with Gasteiger partial charge in [0.05, 0.1) is 0 Å². The van der Waals surface area contributed by atoms with E-state index in [2.05, 4.69) is 36.5 Å². The maximum Gasteiger partial charge on any atom is 0.412 e. The number of rotatable bonds is 1. The highest BCUT2D eigenvalue weighted by Gasteiger charge is 2.20. The van der Waals surface area contributed by atoms with Crippen LogP contribution < -0.4 is 5.32 Å². The first kappa shape index (κ1) is 14.6. The van der Waals surface area contributed by atoms with Crippen molar-refractivity contribution in [1.29, 1.82) is 0 Å². The van der Waals surface area contributed by atoms with Gasteiger partial charge in [-0.1, -0.05) is 29.8 Å². The molecule has 1 aliphatic carbocycles. The first-order chi connectivity index (χ1) is 10.3. The van der Waals surface area contributed by atoms with Crippen molar-refractivity contribution in [3.05, 3.63) is 53.1 Å². The molecule has 3 heteroatoms. The van der Waals surface area contributed by atoms with Crippen LogP contribution in [0.1, 0.15) is 37.5 Å². The number of benzene rings is 2. The fraction of sp³-hybridized carbons (Fsp3) is 0.316. The van der Waals surface area contributed by atoms with Crippen molar-refractivity contribution in [3.63, 3.8) is 0 Å². The Hall–Kier alpha value is -2.29. The molecule has 0 heterocycles. The highest BCUT2D eigenvalue weighted by molar-refractivity contribution is 5.87. The molecule has 0 aliphatic heterocycles. The smallest absolute Gasteiger partial charge is 0.412 e. The Morgan fingerprint density at radius 3 is 2.36 bits per heavy atom. The Kier molecular flexibility index (Phi) is 3.44. The average molecular weight is 295 g/mol. The average Bonchev–Trinajstić information content (AvgIpc) is 2.72. The van der Waals surface area contributed by atoms with E-state index in [1.54, 1.807) is 0 Å². The molecule has 3 rings (SSSR count). The molecule has 1 N–H and O–H groups in total. The number of amides is 1. The van der Waals surface area contributed by atoms with Gasteiger partial charge in [0, 0.05) is 5.69 Å². The van der Waals surface area contributed by atoms with Crippen LogP contribution in [0.15, 0.2) is 36.4 Å². The first-order valence-corrected chi connectivity index (χ1v) is 7.55. The van der Waals surface area contributed by atoms with Gasteiger partial charge in [-0.25, -0.2) is 4.79 Å². The molecule has 22 heavy (non-hydrogen) atoms. The minimum atomic E-state index is -0.491. The van der Waals surface area contributed by atoms with E-state index < -0.39 is 11.7 Å². The van der Waals surface area contributed by atoms with Crippen LogP contribution >= 0.6 is 0 Å². The van der Waals surface area contributed by atoms with Crippen LogP contribution in [0.2, 0.25) is 0 Å². The number of carbonyl (C=O) groups excluding carboxylic acids is 1. The Bertz CT molecular complexity index is 742. The van der Waals surface area contributed by atoms with E-state index in [4.69, 9.17) is 4.74 Å². The summed E-state index contributed by atoms with van der Waals surface area (Å²) < 4.78 is 5.29. The molecule has 0 radical (unpaired) electrons. The van der Waals surface area contributed by atoms with E-state index in [0.29, 0.717) is 0 Å². The van der Waals surface area contributed by atoms with Crippen molar-refractivity contribution in [2.24, 2.45) is 0 Å². The van der Waals surface area contributed by atoms with Gasteiger partial charge in [-0.15, -0.1) is 0 Å². The summed E-state index contributed by atoms with van der Waals surface area (Å²) >= 11 is 0. The van der Waals surface area contributed by atoms with Crippen LogP contribution in [-0.4, -0.2) is 11.7 Å². The van der Waals surface area contributed by atoms with Gasteiger partial charge < -0.3 is 4.74 Å². The quantitative estimate of drug-likeness (QED) is 0.692. The molecule has 0 aromatic heterocycles. The van der Waals surface area contributed by atoms with Crippen molar-refractivity contribution in [1.82, 2.24) is 0 Å². The van der Waals surface area contributed by atoms with Crippen molar-refractivity contribution in [3.8, 4) is 11.1 Å². The second kappa shape index (κ2) is 5.16. The molecular formula is C19H21NO2. The highest BCUT2D eigenvalue weighted by Crippen LogP contribution is 2.38. The largest absolute Gasteiger partial charge is 0.444 e. The molecular weight excluding hydrogens is 274 g/mol. The standard InChI is InChI=1S/C19H21NO2/c1-12-5-7-16-13(9-12)10-14-11-15(6-8-17(14)16)20-18(21)22-19(2,3)4/h5-9,11H,10H2,1-4H3,(H,20,21). The van der Waals surface area contributed by atoms with Crippen molar-refractivity contribution in [2.45, 2.75) is 39.7 Å². The summed E-state index contributed by atoms with van der Waals surface area (Å²) in [6.45, 7) is 7.68. The normalized spacial score (nSPS) is 12.5. The summed E-state index contributed by atoms with van der Waals surface area (Å²) in [5.41, 5.74) is 6.71. The van der Waals surface area contributed by atoms with Crippen LogP contribution in [0.5, 0.6) is 0 Å². The van der Waals surface area contributed by atoms with Crippen LogP contribution in [-0.2, 0) is 11.2 Å². The number of hydrogen-bond acceptors (Lipinski definition) is 2. The lowest BCUT2D eigenvalue weighted by Gasteiger charge is -2.19. The Morgan fingerprint density at radius 1 is 1.05 bits per heavy atom. The monoisotopic (exact) mass is 295 g/mol. The van der Waals surface area contributed by atoms with E-state index in [9.17, 15) is 4.79 Å². The number of aryl methyl sites for hydroxylation is 1. The molecule has 1 aliphatic rings. The molecule has 0 bridgehead atoms. The lowest BCUT2D eigenvalue weighted by atomic mass is 10.0. The predicted molar refractivity (Wildman–Crippen MR) is 89.3 cm³/mol. The maximum absolute atomic E-state index is 11.9. The van der Waals surface area contributed by atoms with Crippen LogP contribution in [0.25, 0.3) is 11.1 Å². The van der Waals surface area contributed by atoms with Gasteiger partial charge in [0.25, 0.3) is 0 Å². The van der Waals surface area contributed by atoms with Gasteiger partial charge in [0.2, 0.25) is 0 Å². The summed E-state index contributed by atoms with van der Waals surface area (Å²) in [6, 6.07) is 12.6. The summed E-state index contributed by atoms with van der Waals surface area (Å²) in [4.78, 5) is 11.9. The fourth-order valence-corrected chi connectivity index (χ4v) is 2.84. The molecule has 2 aromatic rings. The first-order valence-electron chi connectivity index (χ1n) is 7.55. The van der Waals surface area contributed by atoms with E-state index in [0.717, 1.165) is 12.1 Å². The minimum absolute atomic E-state index is 0.418. The summed E-state index contributed by atoms with van der Waals surface area (Å²) in [6.07, 6.45) is 0.495. The van der Waals surface area contributed by atoms with Gasteiger partial charge in [0.15, 0.2) is 0 Å². The number of nitrogens with one attached hydrogen (secondary N) is 1. The van der Waals surface area contributed by atoms with Gasteiger partial charge >= 0.3 is 6.09 Å². The van der Waals surface area contributed by atoms with E-state index >= 15 is 0 Å². The Morgan fingerprint density at radius 2 is 1.68 bits per heavy atom. The van der Waals surface area contributed by atoms with Gasteiger partial charge in [0.1, 0.15) is 5.60 Å². The maximum atomic E-state index is 11.9. The lowest BCUT2D eigenvalue weighted by Crippen LogP contribution is -2.27. The molecule has 0 unspecified atom stereocenters. The number of carbonyl (C=O) groups is 1. The SMILES string of the molecule is Cc1ccc2c(c1)Cc1cc(NC(=O)OC(C)(C)C)ccc1-2. The van der Waals surface area contributed by atoms with Crippen LogP contribution in [0, 0.1) is 6.92 Å². The molecule has 0 saturated heterocycles. The van der Waals surface area contributed by atoms with Crippen LogP contribution in [0.3, 0.4) is 0 Å². The van der Waals surface area contributed by atoms with Gasteiger partial charge in [-0.3, -0.25) is 5.32 Å². The third-order valence-corrected chi connectivity index (χ3v) is 3.68. The molecule has 0 fully saturated rings. The van der Waals surface area contributed by atoms with E-state index in [-0.39, 0.29) is 0 Å². The third kappa shape index (κ3) is 2.98. The third-order valence-electron chi connectivity index (χ3n) is 3.68. The highest BCUT2D eigenvalue weighted by atomic mass is 16.6. The number of ether oxygens (including phenoxy) is 1. The molecule has 114 valence electrons. The molecule has 0 atom stereocenters. The molecule has 1 amide bonds. The van der Waals surface area contributed by atoms with Gasteiger partial charge in [-0.05, 0) is 68.5 Å². The predicted octanol–water partition coefficient (Wildman–Crippen LogP) is 4.91. The second-order valence-corrected chi connectivity index (χ2v) is 6.84. The Labute approximate surface area is 131 Å². The molecule has 0 spiro atoms. The number of anilines is 1. The second-order valence-electron chi connectivity index (χ2n) is 6.84. The summed E-state index contributed by atoms with van der Waals surface area (Å²) in [5.74, 6) is 0. The molecule has 0 saturated carbocycles. The minimum Gasteiger partial charge on any atom is -0.444 e. The Balaban J connectivity index is 1.81. The number of fused-ring (bicyclic) bond motifs is 3. The van der Waals surface area contributed by atoms with Crippen molar-refractivity contribution >= 4 is 11.8 Å². The number of hydrogen-bond donors (Lipinski definition) is 1. The summed E-state index contributed by atoms with van der Waals surface area (Å²) in [5, 5.41) is 2.81. The zero-order valence-electron chi connectivity index (χ0n) is 13.5. The van der Waals surface area contributed by atoms with E-state index in [1.165, 1.54) is 27.8 Å².